The van der Waals surface area contributed by atoms with E-state index >= 15 is 0 Å². The average Bonchev–Trinajstić information content (AvgIpc) is 3.37. The Morgan fingerprint density at radius 1 is 0.644 bits per heavy atom. The number of quaternary nitrogens is 2. The van der Waals surface area contributed by atoms with Crippen LogP contribution in [0.15, 0.2) is 115 Å². The highest BCUT2D eigenvalue weighted by molar-refractivity contribution is 6.03. The van der Waals surface area contributed by atoms with Crippen LogP contribution in [0.5, 0.6) is 0 Å². The SMILES string of the molecule is CC(C)CCC1=C(/C=C/C=C/C=C2\C(CCC(C)C)c3c(ccc4ccccc34)[N+]2(C)C)[N+](C)(C)c2ccc3ccccc3c21. The maximum atomic E-state index is 2.41. The summed E-state index contributed by atoms with van der Waals surface area (Å²) in [6, 6.07) is 27.2. The zero-order valence-corrected chi connectivity index (χ0v) is 28.8. The van der Waals surface area contributed by atoms with Gasteiger partial charge in [-0.05, 0) is 83.3 Å². The van der Waals surface area contributed by atoms with Crippen LogP contribution in [0.4, 0.5) is 11.4 Å². The van der Waals surface area contributed by atoms with E-state index in [0.29, 0.717) is 17.8 Å². The molecule has 0 amide bonds. The van der Waals surface area contributed by atoms with E-state index in [9.17, 15) is 0 Å². The van der Waals surface area contributed by atoms with E-state index in [1.807, 2.05) is 0 Å². The molecule has 0 saturated heterocycles. The molecule has 2 aliphatic heterocycles. The minimum Gasteiger partial charge on any atom is -0.266 e. The molecule has 0 bridgehead atoms. The molecule has 0 N–H and O–H groups in total. The minimum atomic E-state index is 0.427. The Balaban J connectivity index is 1.37. The number of benzene rings is 4. The average molecular weight is 597 g/mol. The van der Waals surface area contributed by atoms with Gasteiger partial charge in [-0.15, -0.1) is 0 Å². The number of likely N-dealkylation sites (N-methyl/N-ethyl adjacent to an activating group) is 2. The second kappa shape index (κ2) is 12.2. The lowest BCUT2D eigenvalue weighted by molar-refractivity contribution is 0.458. The first-order valence-corrected chi connectivity index (χ1v) is 17.0. The number of hydrogen-bond donors (Lipinski definition) is 0. The fourth-order valence-electron chi connectivity index (χ4n) is 7.89. The smallest absolute Gasteiger partial charge is 0.145 e. The minimum absolute atomic E-state index is 0.427. The van der Waals surface area contributed by atoms with Gasteiger partial charge >= 0.3 is 0 Å². The van der Waals surface area contributed by atoms with Gasteiger partial charge in [-0.2, -0.15) is 0 Å². The molecular weight excluding hydrogens is 544 g/mol. The Morgan fingerprint density at radius 2 is 1.27 bits per heavy atom. The topological polar surface area (TPSA) is 0 Å². The van der Waals surface area contributed by atoms with Crippen molar-refractivity contribution in [2.24, 2.45) is 11.8 Å². The van der Waals surface area contributed by atoms with Gasteiger partial charge in [0, 0.05) is 23.3 Å². The number of allylic oxidation sites excluding steroid dienone is 7. The van der Waals surface area contributed by atoms with Crippen molar-refractivity contribution in [3.8, 4) is 0 Å². The Hall–Kier alpha value is -3.72. The Bertz CT molecular complexity index is 1860. The van der Waals surface area contributed by atoms with Crippen LogP contribution in [0, 0.1) is 11.8 Å². The molecule has 6 rings (SSSR count). The summed E-state index contributed by atoms with van der Waals surface area (Å²) in [5.41, 5.74) is 10.2. The molecule has 0 aromatic heterocycles. The fourth-order valence-corrected chi connectivity index (χ4v) is 7.89. The lowest BCUT2D eigenvalue weighted by atomic mass is 9.87. The second-order valence-electron chi connectivity index (χ2n) is 15.0. The molecule has 0 fully saturated rings. The molecule has 4 aromatic carbocycles. The normalized spacial score (nSPS) is 19.8. The van der Waals surface area contributed by atoms with Crippen molar-refractivity contribution in [3.05, 3.63) is 126 Å². The third kappa shape index (κ3) is 5.64. The highest BCUT2D eigenvalue weighted by Crippen LogP contribution is 2.52. The van der Waals surface area contributed by atoms with Gasteiger partial charge in [0.15, 0.2) is 0 Å². The number of nitrogens with zero attached hydrogens (tertiary/aromatic N) is 2. The molecule has 2 aliphatic rings. The van der Waals surface area contributed by atoms with E-state index in [4.69, 9.17) is 0 Å². The Labute approximate surface area is 271 Å². The summed E-state index contributed by atoms with van der Waals surface area (Å²) in [7, 11) is 9.43. The predicted octanol–water partition coefficient (Wildman–Crippen LogP) is 11.5. The summed E-state index contributed by atoms with van der Waals surface area (Å²) in [6.45, 7) is 9.37. The first-order chi connectivity index (χ1) is 21.5. The van der Waals surface area contributed by atoms with Gasteiger partial charge in [0.2, 0.25) is 0 Å². The molecular formula is C43H52N2+2. The fraction of sp³-hybridized carbons (Fsp3) is 0.349. The van der Waals surface area contributed by atoms with Gasteiger partial charge in [0.1, 0.15) is 22.8 Å². The Kier molecular flexibility index (Phi) is 8.50. The van der Waals surface area contributed by atoms with Crippen molar-refractivity contribution >= 4 is 38.5 Å². The van der Waals surface area contributed by atoms with Gasteiger partial charge in [0.05, 0.1) is 39.7 Å². The summed E-state index contributed by atoms with van der Waals surface area (Å²) >= 11 is 0. The molecule has 2 heterocycles. The Morgan fingerprint density at radius 3 is 1.96 bits per heavy atom. The summed E-state index contributed by atoms with van der Waals surface area (Å²) in [5, 5.41) is 5.46. The van der Waals surface area contributed by atoms with Crippen LogP contribution < -0.4 is 8.97 Å². The van der Waals surface area contributed by atoms with Crippen molar-refractivity contribution < 1.29 is 0 Å². The highest BCUT2D eigenvalue weighted by atomic mass is 15.3. The third-order valence-electron chi connectivity index (χ3n) is 10.4. The lowest BCUT2D eigenvalue weighted by Gasteiger charge is -2.27. The van der Waals surface area contributed by atoms with Crippen LogP contribution in [0.25, 0.3) is 27.1 Å². The molecule has 1 unspecified atom stereocenters. The molecule has 0 radical (unpaired) electrons. The molecule has 232 valence electrons. The first-order valence-electron chi connectivity index (χ1n) is 17.0. The van der Waals surface area contributed by atoms with E-state index < -0.39 is 0 Å². The maximum Gasteiger partial charge on any atom is 0.145 e. The van der Waals surface area contributed by atoms with Crippen molar-refractivity contribution in [2.45, 2.75) is 59.3 Å². The second-order valence-corrected chi connectivity index (χ2v) is 15.0. The summed E-state index contributed by atoms with van der Waals surface area (Å²) in [6.07, 6.45) is 16.3. The van der Waals surface area contributed by atoms with Gasteiger partial charge < -0.3 is 0 Å². The van der Waals surface area contributed by atoms with Gasteiger partial charge in [-0.1, -0.05) is 94.5 Å². The molecule has 2 heteroatoms. The van der Waals surface area contributed by atoms with Crippen LogP contribution in [0.3, 0.4) is 0 Å². The van der Waals surface area contributed by atoms with Gasteiger partial charge in [-0.3, -0.25) is 8.97 Å². The number of rotatable bonds is 9. The predicted molar refractivity (Wildman–Crippen MR) is 199 cm³/mol. The molecule has 0 spiro atoms. The summed E-state index contributed by atoms with van der Waals surface area (Å²) < 4.78 is 1.59. The molecule has 0 aliphatic carbocycles. The first kappa shape index (κ1) is 31.3. The zero-order valence-electron chi connectivity index (χ0n) is 28.8. The largest absolute Gasteiger partial charge is 0.266 e. The zero-order chi connectivity index (χ0) is 31.9. The highest BCUT2D eigenvalue weighted by Gasteiger charge is 2.44. The van der Waals surface area contributed by atoms with E-state index in [-0.39, 0.29) is 0 Å². The van der Waals surface area contributed by atoms with Gasteiger partial charge in [-0.25, -0.2) is 0 Å². The summed E-state index contributed by atoms with van der Waals surface area (Å²) in [4.78, 5) is 0. The van der Waals surface area contributed by atoms with Crippen LogP contribution in [0.2, 0.25) is 0 Å². The molecule has 1 atom stereocenters. The molecule has 2 nitrogen and oxygen atoms in total. The molecule has 4 aromatic rings. The summed E-state index contributed by atoms with van der Waals surface area (Å²) in [5.74, 6) is 1.78. The van der Waals surface area contributed by atoms with Crippen LogP contribution in [-0.4, -0.2) is 28.2 Å². The van der Waals surface area contributed by atoms with Crippen LogP contribution in [-0.2, 0) is 0 Å². The van der Waals surface area contributed by atoms with E-state index in [1.165, 1.54) is 80.3 Å². The van der Waals surface area contributed by atoms with E-state index in [0.717, 1.165) is 15.4 Å². The van der Waals surface area contributed by atoms with E-state index in [2.05, 4.69) is 159 Å². The van der Waals surface area contributed by atoms with Crippen LogP contribution in [0.1, 0.15) is 70.4 Å². The maximum absolute atomic E-state index is 2.41. The monoisotopic (exact) mass is 596 g/mol. The van der Waals surface area contributed by atoms with Crippen molar-refractivity contribution in [3.63, 3.8) is 0 Å². The number of fused-ring (bicyclic) bond motifs is 6. The van der Waals surface area contributed by atoms with Crippen molar-refractivity contribution in [1.29, 1.82) is 0 Å². The standard InChI is InChI=1S/C43H52N2/c1-30(2)22-26-36-38(44(5,6)40-28-24-32-16-12-14-18-34(32)42(36)40)20-10-9-11-21-39-37(27-23-31(3)4)43-35-19-15-13-17-33(35)25-29-41(43)45(39,7)8/h9-21,24-25,28-31,36H,22-23,26-27H2,1-8H3/q+2/b10-9+,21-11+,38-20+. The van der Waals surface area contributed by atoms with Crippen molar-refractivity contribution in [1.82, 2.24) is 8.97 Å². The van der Waals surface area contributed by atoms with Gasteiger partial charge in [0.25, 0.3) is 0 Å². The van der Waals surface area contributed by atoms with Crippen molar-refractivity contribution in [2.75, 3.05) is 28.2 Å². The number of hydrogen-bond acceptors (Lipinski definition) is 0. The molecule has 0 saturated carbocycles. The van der Waals surface area contributed by atoms with E-state index in [1.54, 1.807) is 0 Å². The molecule has 45 heavy (non-hydrogen) atoms. The van der Waals surface area contributed by atoms with Crippen LogP contribution >= 0.6 is 0 Å². The quantitative estimate of drug-likeness (QED) is 0.133. The third-order valence-corrected chi connectivity index (χ3v) is 10.4. The lowest BCUT2D eigenvalue weighted by Crippen LogP contribution is -2.36.